The van der Waals surface area contributed by atoms with E-state index in [9.17, 15) is 4.79 Å². The first-order valence-electron chi connectivity index (χ1n) is 8.69. The van der Waals surface area contributed by atoms with Gasteiger partial charge in [-0.15, -0.1) is 0 Å². The number of carbonyl (C=O) groups is 1. The first-order valence-corrected chi connectivity index (χ1v) is 8.69. The topological polar surface area (TPSA) is 49.6 Å². The highest BCUT2D eigenvalue weighted by Crippen LogP contribution is 2.24. The number of nitrogens with two attached hydrogens (primary N) is 1. The van der Waals surface area contributed by atoms with E-state index < -0.39 is 0 Å². The predicted molar refractivity (Wildman–Crippen MR) is 106 cm³/mol. The summed E-state index contributed by atoms with van der Waals surface area (Å²) in [6, 6.07) is 13.6. The van der Waals surface area contributed by atoms with Crippen LogP contribution in [0.3, 0.4) is 0 Å². The molecule has 0 unspecified atom stereocenters. The maximum Gasteiger partial charge on any atom is 0.254 e. The van der Waals surface area contributed by atoms with Crippen LogP contribution in [0.15, 0.2) is 42.5 Å². The molecular formula is C21H29N3O. The number of rotatable bonds is 6. The third-order valence-electron chi connectivity index (χ3n) is 4.08. The average Bonchev–Trinajstić information content (AvgIpc) is 2.53. The molecule has 0 bridgehead atoms. The van der Waals surface area contributed by atoms with Gasteiger partial charge in [0.15, 0.2) is 0 Å². The number of carbonyl (C=O) groups excluding carboxylic acids is 1. The summed E-state index contributed by atoms with van der Waals surface area (Å²) in [7, 11) is 4.01. The highest BCUT2D eigenvalue weighted by atomic mass is 16.2. The second-order valence-corrected chi connectivity index (χ2v) is 7.23. The first-order chi connectivity index (χ1) is 11.8. The van der Waals surface area contributed by atoms with Crippen molar-refractivity contribution < 1.29 is 4.79 Å². The summed E-state index contributed by atoms with van der Waals surface area (Å²) in [6.07, 6.45) is 0. The summed E-state index contributed by atoms with van der Waals surface area (Å²) in [5.74, 6) is 0.446. The maximum absolute atomic E-state index is 13.1. The van der Waals surface area contributed by atoms with E-state index in [4.69, 9.17) is 5.73 Å². The number of benzene rings is 2. The summed E-state index contributed by atoms with van der Waals surface area (Å²) in [6.45, 7) is 7.51. The molecule has 134 valence electrons. The average molecular weight is 339 g/mol. The normalized spacial score (nSPS) is 10.8. The molecule has 4 nitrogen and oxygen atoms in total. The smallest absolute Gasteiger partial charge is 0.254 e. The van der Waals surface area contributed by atoms with Crippen LogP contribution in [-0.4, -0.2) is 31.4 Å². The van der Waals surface area contributed by atoms with Crippen molar-refractivity contribution in [2.24, 2.45) is 5.92 Å². The SMILES string of the molecule is Cc1cccc(C(=O)N(Cc2cc(N)ccc2N(C)C)CC(C)C)c1. The first kappa shape index (κ1) is 18.8. The van der Waals surface area contributed by atoms with Crippen LogP contribution in [0.25, 0.3) is 0 Å². The Hall–Kier alpha value is -2.49. The Morgan fingerprint density at radius 3 is 2.44 bits per heavy atom. The zero-order chi connectivity index (χ0) is 18.6. The van der Waals surface area contributed by atoms with Crippen molar-refractivity contribution in [2.45, 2.75) is 27.3 Å². The van der Waals surface area contributed by atoms with Crippen molar-refractivity contribution >= 4 is 17.3 Å². The Morgan fingerprint density at radius 2 is 1.84 bits per heavy atom. The van der Waals surface area contributed by atoms with Gasteiger partial charge in [-0.25, -0.2) is 0 Å². The summed E-state index contributed by atoms with van der Waals surface area (Å²) >= 11 is 0. The van der Waals surface area contributed by atoms with Gasteiger partial charge in [-0.05, 0) is 48.7 Å². The monoisotopic (exact) mass is 339 g/mol. The summed E-state index contributed by atoms with van der Waals surface area (Å²) in [5.41, 5.74) is 10.7. The van der Waals surface area contributed by atoms with Gasteiger partial charge in [-0.1, -0.05) is 31.5 Å². The molecule has 0 atom stereocenters. The molecule has 0 saturated heterocycles. The van der Waals surface area contributed by atoms with Crippen molar-refractivity contribution in [3.05, 3.63) is 59.2 Å². The fourth-order valence-corrected chi connectivity index (χ4v) is 2.99. The van der Waals surface area contributed by atoms with E-state index in [0.717, 1.165) is 22.4 Å². The quantitative estimate of drug-likeness (QED) is 0.811. The molecule has 2 rings (SSSR count). The van der Waals surface area contributed by atoms with Gasteiger partial charge in [0, 0.05) is 44.1 Å². The highest BCUT2D eigenvalue weighted by Gasteiger charge is 2.19. The van der Waals surface area contributed by atoms with Crippen molar-refractivity contribution in [1.29, 1.82) is 0 Å². The van der Waals surface area contributed by atoms with Gasteiger partial charge in [0.1, 0.15) is 0 Å². The minimum absolute atomic E-state index is 0.0598. The predicted octanol–water partition coefficient (Wildman–Crippen LogP) is 3.94. The van der Waals surface area contributed by atoms with E-state index in [2.05, 4.69) is 18.7 Å². The van der Waals surface area contributed by atoms with E-state index in [0.29, 0.717) is 24.7 Å². The number of amides is 1. The zero-order valence-electron chi connectivity index (χ0n) is 15.9. The van der Waals surface area contributed by atoms with Crippen LogP contribution in [0.4, 0.5) is 11.4 Å². The second kappa shape index (κ2) is 8.06. The van der Waals surface area contributed by atoms with Crippen LogP contribution in [-0.2, 0) is 6.54 Å². The third kappa shape index (κ3) is 4.99. The standard InChI is InChI=1S/C21H29N3O/c1-15(2)13-24(21(25)17-8-6-7-16(3)11-17)14-18-12-19(22)9-10-20(18)23(4)5/h6-12,15H,13-14,22H2,1-5H3. The molecule has 0 radical (unpaired) electrons. The number of nitrogens with zero attached hydrogens (tertiary/aromatic N) is 2. The van der Waals surface area contributed by atoms with Crippen LogP contribution in [0.2, 0.25) is 0 Å². The van der Waals surface area contributed by atoms with Crippen LogP contribution >= 0.6 is 0 Å². The molecule has 25 heavy (non-hydrogen) atoms. The molecule has 0 aliphatic rings. The van der Waals surface area contributed by atoms with E-state index >= 15 is 0 Å². The summed E-state index contributed by atoms with van der Waals surface area (Å²) in [5, 5.41) is 0. The zero-order valence-corrected chi connectivity index (χ0v) is 15.9. The van der Waals surface area contributed by atoms with Crippen molar-refractivity contribution in [2.75, 3.05) is 31.3 Å². The Labute approximate surface area is 151 Å². The van der Waals surface area contributed by atoms with Gasteiger partial charge in [0.2, 0.25) is 0 Å². The summed E-state index contributed by atoms with van der Waals surface area (Å²) in [4.78, 5) is 17.1. The lowest BCUT2D eigenvalue weighted by Crippen LogP contribution is -2.34. The Balaban J connectivity index is 2.36. The fraction of sp³-hybridized carbons (Fsp3) is 0.381. The third-order valence-corrected chi connectivity index (χ3v) is 4.08. The lowest BCUT2D eigenvalue weighted by Gasteiger charge is -2.27. The molecule has 0 aliphatic carbocycles. The molecule has 4 heteroatoms. The molecule has 0 fully saturated rings. The van der Waals surface area contributed by atoms with Gasteiger partial charge in [-0.2, -0.15) is 0 Å². The Kier molecular flexibility index (Phi) is 6.07. The van der Waals surface area contributed by atoms with Crippen molar-refractivity contribution in [1.82, 2.24) is 4.90 Å². The number of hydrogen-bond acceptors (Lipinski definition) is 3. The van der Waals surface area contributed by atoms with E-state index in [-0.39, 0.29) is 5.91 Å². The largest absolute Gasteiger partial charge is 0.399 e. The minimum atomic E-state index is 0.0598. The molecule has 0 aromatic heterocycles. The lowest BCUT2D eigenvalue weighted by atomic mass is 10.1. The van der Waals surface area contributed by atoms with Gasteiger partial charge >= 0.3 is 0 Å². The molecule has 0 aliphatic heterocycles. The molecule has 0 heterocycles. The van der Waals surface area contributed by atoms with Gasteiger partial charge in [-0.3, -0.25) is 4.79 Å². The van der Waals surface area contributed by atoms with E-state index in [1.165, 1.54) is 0 Å². The van der Waals surface area contributed by atoms with Gasteiger partial charge in [0.05, 0.1) is 0 Å². The molecule has 0 saturated carbocycles. The number of hydrogen-bond donors (Lipinski definition) is 1. The number of nitrogen functional groups attached to an aromatic ring is 1. The second-order valence-electron chi connectivity index (χ2n) is 7.23. The highest BCUT2D eigenvalue weighted by molar-refractivity contribution is 5.94. The van der Waals surface area contributed by atoms with E-state index in [1.807, 2.05) is 68.4 Å². The Morgan fingerprint density at radius 1 is 1.12 bits per heavy atom. The fourth-order valence-electron chi connectivity index (χ4n) is 2.99. The molecule has 2 N–H and O–H groups in total. The molecule has 2 aromatic rings. The molecule has 2 aromatic carbocycles. The van der Waals surface area contributed by atoms with Crippen LogP contribution in [0.1, 0.15) is 35.3 Å². The minimum Gasteiger partial charge on any atom is -0.399 e. The van der Waals surface area contributed by atoms with Crippen molar-refractivity contribution in [3.8, 4) is 0 Å². The molecular weight excluding hydrogens is 310 g/mol. The molecule has 1 amide bonds. The van der Waals surface area contributed by atoms with Gasteiger partial charge in [0.25, 0.3) is 5.91 Å². The van der Waals surface area contributed by atoms with Crippen LogP contribution in [0.5, 0.6) is 0 Å². The van der Waals surface area contributed by atoms with Crippen LogP contribution in [0, 0.1) is 12.8 Å². The van der Waals surface area contributed by atoms with Gasteiger partial charge < -0.3 is 15.5 Å². The Bertz CT molecular complexity index is 738. The van der Waals surface area contributed by atoms with E-state index in [1.54, 1.807) is 0 Å². The summed E-state index contributed by atoms with van der Waals surface area (Å²) < 4.78 is 0. The lowest BCUT2D eigenvalue weighted by molar-refractivity contribution is 0.0723. The van der Waals surface area contributed by atoms with Crippen LogP contribution < -0.4 is 10.6 Å². The maximum atomic E-state index is 13.1. The molecule has 0 spiro atoms. The van der Waals surface area contributed by atoms with Crippen molar-refractivity contribution in [3.63, 3.8) is 0 Å². The number of anilines is 2. The number of aryl methyl sites for hydroxylation is 1.